The van der Waals surface area contributed by atoms with Gasteiger partial charge in [-0.1, -0.05) is 0 Å². The van der Waals surface area contributed by atoms with Gasteiger partial charge in [0.05, 0.1) is 26.0 Å². The summed E-state index contributed by atoms with van der Waals surface area (Å²) in [7, 11) is 0. The molecule has 7 heteroatoms. The SMILES string of the molecule is CCNC(=NCc1ccnc(OCC2CC2)c1)NCc1ccco1.I. The van der Waals surface area contributed by atoms with Gasteiger partial charge in [0.2, 0.25) is 5.88 Å². The molecule has 1 fully saturated rings. The Bertz CT molecular complexity index is 657. The van der Waals surface area contributed by atoms with E-state index in [-0.39, 0.29) is 24.0 Å². The molecule has 2 aromatic rings. The monoisotopic (exact) mass is 456 g/mol. The Hall–Kier alpha value is -1.77. The molecule has 0 bridgehead atoms. The van der Waals surface area contributed by atoms with Gasteiger partial charge in [-0.25, -0.2) is 9.98 Å². The van der Waals surface area contributed by atoms with Crippen molar-refractivity contribution in [1.82, 2.24) is 15.6 Å². The summed E-state index contributed by atoms with van der Waals surface area (Å²) in [6.07, 6.45) is 5.99. The molecule has 1 saturated carbocycles. The Morgan fingerprint density at radius 1 is 1.36 bits per heavy atom. The van der Waals surface area contributed by atoms with Crippen molar-refractivity contribution in [2.45, 2.75) is 32.9 Å². The predicted octanol–water partition coefficient (Wildman–Crippen LogP) is 3.34. The number of hydrogen-bond acceptors (Lipinski definition) is 4. The van der Waals surface area contributed by atoms with E-state index in [1.807, 2.05) is 31.2 Å². The third-order valence-electron chi connectivity index (χ3n) is 3.74. The average Bonchev–Trinajstić information content (AvgIpc) is 3.29. The third-order valence-corrected chi connectivity index (χ3v) is 3.74. The van der Waals surface area contributed by atoms with Crippen LogP contribution in [0.1, 0.15) is 31.1 Å². The van der Waals surface area contributed by atoms with Crippen LogP contribution < -0.4 is 15.4 Å². The highest BCUT2D eigenvalue weighted by molar-refractivity contribution is 14.0. The minimum Gasteiger partial charge on any atom is -0.477 e. The van der Waals surface area contributed by atoms with Crippen molar-refractivity contribution in [3.8, 4) is 5.88 Å². The van der Waals surface area contributed by atoms with Crippen LogP contribution in [0.2, 0.25) is 0 Å². The second-order valence-electron chi connectivity index (χ2n) is 5.88. The van der Waals surface area contributed by atoms with Crippen LogP contribution in [0.5, 0.6) is 5.88 Å². The van der Waals surface area contributed by atoms with Gasteiger partial charge in [0.25, 0.3) is 0 Å². The Balaban J connectivity index is 0.00000225. The molecule has 0 unspecified atom stereocenters. The molecule has 0 radical (unpaired) electrons. The Kier molecular flexibility index (Phi) is 8.03. The Morgan fingerprint density at radius 3 is 2.96 bits per heavy atom. The van der Waals surface area contributed by atoms with Gasteiger partial charge in [-0.3, -0.25) is 0 Å². The molecule has 3 rings (SSSR count). The molecule has 0 atom stereocenters. The van der Waals surface area contributed by atoms with Crippen molar-refractivity contribution in [1.29, 1.82) is 0 Å². The molecule has 136 valence electrons. The molecule has 2 N–H and O–H groups in total. The second-order valence-corrected chi connectivity index (χ2v) is 5.88. The van der Waals surface area contributed by atoms with E-state index in [2.05, 4.69) is 20.6 Å². The van der Waals surface area contributed by atoms with E-state index < -0.39 is 0 Å². The molecule has 1 aliphatic rings. The fourth-order valence-electron chi connectivity index (χ4n) is 2.21. The zero-order chi connectivity index (χ0) is 16.6. The number of hydrogen-bond donors (Lipinski definition) is 2. The molecular formula is C18H25IN4O2. The van der Waals surface area contributed by atoms with E-state index in [1.54, 1.807) is 12.5 Å². The Labute approximate surface area is 165 Å². The minimum absolute atomic E-state index is 0. The van der Waals surface area contributed by atoms with Crippen molar-refractivity contribution in [3.05, 3.63) is 48.0 Å². The maximum Gasteiger partial charge on any atom is 0.213 e. The molecule has 0 aliphatic heterocycles. The van der Waals surface area contributed by atoms with Gasteiger partial charge >= 0.3 is 0 Å². The molecule has 0 aromatic carbocycles. The second kappa shape index (κ2) is 10.3. The molecule has 6 nitrogen and oxygen atoms in total. The van der Waals surface area contributed by atoms with Crippen LogP contribution in [0, 0.1) is 5.92 Å². The highest BCUT2D eigenvalue weighted by Crippen LogP contribution is 2.29. The molecule has 0 spiro atoms. The summed E-state index contributed by atoms with van der Waals surface area (Å²) in [6.45, 7) is 4.78. The molecule has 0 amide bonds. The summed E-state index contributed by atoms with van der Waals surface area (Å²) in [5, 5.41) is 6.48. The first-order valence-corrected chi connectivity index (χ1v) is 8.46. The average molecular weight is 456 g/mol. The molecule has 2 heterocycles. The van der Waals surface area contributed by atoms with Gasteiger partial charge < -0.3 is 19.8 Å². The van der Waals surface area contributed by atoms with Crippen molar-refractivity contribution in [2.75, 3.05) is 13.2 Å². The fraction of sp³-hybridized carbons (Fsp3) is 0.444. The van der Waals surface area contributed by atoms with Gasteiger partial charge in [0, 0.05) is 18.8 Å². The molecule has 0 saturated heterocycles. The normalized spacial score (nSPS) is 13.9. The van der Waals surface area contributed by atoms with Crippen LogP contribution in [0.25, 0.3) is 0 Å². The maximum absolute atomic E-state index is 5.72. The number of aromatic nitrogens is 1. The van der Waals surface area contributed by atoms with Crippen LogP contribution in [0.3, 0.4) is 0 Å². The quantitative estimate of drug-likeness (QED) is 0.362. The number of nitrogens with one attached hydrogen (secondary N) is 2. The predicted molar refractivity (Wildman–Crippen MR) is 108 cm³/mol. The summed E-state index contributed by atoms with van der Waals surface area (Å²) in [4.78, 5) is 8.86. The summed E-state index contributed by atoms with van der Waals surface area (Å²) in [6, 6.07) is 7.73. The lowest BCUT2D eigenvalue weighted by atomic mass is 10.3. The van der Waals surface area contributed by atoms with Crippen LogP contribution in [0.4, 0.5) is 0 Å². The lowest BCUT2D eigenvalue weighted by molar-refractivity contribution is 0.288. The van der Waals surface area contributed by atoms with Crippen molar-refractivity contribution >= 4 is 29.9 Å². The number of ether oxygens (including phenoxy) is 1. The van der Waals surface area contributed by atoms with Crippen molar-refractivity contribution in [2.24, 2.45) is 10.9 Å². The highest BCUT2D eigenvalue weighted by Gasteiger charge is 2.22. The standard InChI is InChI=1S/C18H24N4O2.HI/c1-2-19-18(22-12-16-4-3-9-23-16)21-11-15-7-8-20-17(10-15)24-13-14-5-6-14;/h3-4,7-10,14H,2,5-6,11-13H2,1H3,(H2,19,21,22);1H. The lowest BCUT2D eigenvalue weighted by Gasteiger charge is -2.10. The molecular weight excluding hydrogens is 431 g/mol. The van der Waals surface area contributed by atoms with Crippen molar-refractivity contribution < 1.29 is 9.15 Å². The topological polar surface area (TPSA) is 71.7 Å². The summed E-state index contributed by atoms with van der Waals surface area (Å²) < 4.78 is 11.0. The van der Waals surface area contributed by atoms with E-state index in [0.717, 1.165) is 36.4 Å². The number of nitrogens with zero attached hydrogens (tertiary/aromatic N) is 2. The zero-order valence-electron chi connectivity index (χ0n) is 14.4. The number of aliphatic imine (C=N–C) groups is 1. The first-order chi connectivity index (χ1) is 11.8. The molecule has 2 aromatic heterocycles. The molecule has 1 aliphatic carbocycles. The van der Waals surface area contributed by atoms with Crippen LogP contribution in [0.15, 0.2) is 46.1 Å². The van der Waals surface area contributed by atoms with Gasteiger partial charge in [0.1, 0.15) is 5.76 Å². The van der Waals surface area contributed by atoms with Crippen molar-refractivity contribution in [3.63, 3.8) is 0 Å². The number of rotatable bonds is 8. The van der Waals surface area contributed by atoms with E-state index in [9.17, 15) is 0 Å². The van der Waals surface area contributed by atoms with E-state index in [0.29, 0.717) is 19.0 Å². The van der Waals surface area contributed by atoms with Gasteiger partial charge in [-0.15, -0.1) is 24.0 Å². The summed E-state index contributed by atoms with van der Waals surface area (Å²) >= 11 is 0. The van der Waals surface area contributed by atoms with Crippen LogP contribution >= 0.6 is 24.0 Å². The van der Waals surface area contributed by atoms with E-state index in [4.69, 9.17) is 9.15 Å². The maximum atomic E-state index is 5.72. The summed E-state index contributed by atoms with van der Waals surface area (Å²) in [5.41, 5.74) is 1.07. The van der Waals surface area contributed by atoms with E-state index >= 15 is 0 Å². The van der Waals surface area contributed by atoms with Crippen LogP contribution in [-0.4, -0.2) is 24.1 Å². The first kappa shape index (κ1) is 19.6. The highest BCUT2D eigenvalue weighted by atomic mass is 127. The minimum atomic E-state index is 0. The first-order valence-electron chi connectivity index (χ1n) is 8.46. The smallest absolute Gasteiger partial charge is 0.213 e. The third kappa shape index (κ3) is 6.93. The zero-order valence-corrected chi connectivity index (χ0v) is 16.7. The fourth-order valence-corrected chi connectivity index (χ4v) is 2.21. The number of furan rings is 1. The number of pyridine rings is 1. The molecule has 25 heavy (non-hydrogen) atoms. The largest absolute Gasteiger partial charge is 0.477 e. The van der Waals surface area contributed by atoms with Gasteiger partial charge in [0.15, 0.2) is 5.96 Å². The number of halogens is 1. The summed E-state index contributed by atoms with van der Waals surface area (Å²) in [5.74, 6) is 3.04. The van der Waals surface area contributed by atoms with Gasteiger partial charge in [-0.05, 0) is 49.4 Å². The Morgan fingerprint density at radius 2 is 2.24 bits per heavy atom. The van der Waals surface area contributed by atoms with Crippen LogP contribution in [-0.2, 0) is 13.1 Å². The van der Waals surface area contributed by atoms with E-state index in [1.165, 1.54) is 12.8 Å². The lowest BCUT2D eigenvalue weighted by Crippen LogP contribution is -2.36. The van der Waals surface area contributed by atoms with Gasteiger partial charge in [-0.2, -0.15) is 0 Å². The number of guanidine groups is 1.